The van der Waals surface area contributed by atoms with Crippen LogP contribution in [0.2, 0.25) is 0 Å². The third-order valence-corrected chi connectivity index (χ3v) is 4.19. The van der Waals surface area contributed by atoms with Crippen molar-refractivity contribution in [3.8, 4) is 0 Å². The summed E-state index contributed by atoms with van der Waals surface area (Å²) in [5, 5.41) is 3.37. The molecular formula is C13H12BrIN2. The van der Waals surface area contributed by atoms with Crippen LogP contribution in [-0.4, -0.2) is 0 Å². The minimum Gasteiger partial charge on any atom is -0.399 e. The third kappa shape index (κ3) is 3.13. The summed E-state index contributed by atoms with van der Waals surface area (Å²) in [6.45, 7) is 2.07. The minimum absolute atomic E-state index is 0.782. The molecule has 2 aromatic rings. The van der Waals surface area contributed by atoms with Gasteiger partial charge < -0.3 is 11.1 Å². The minimum atomic E-state index is 0.782. The van der Waals surface area contributed by atoms with E-state index in [0.717, 1.165) is 25.1 Å². The molecule has 0 radical (unpaired) electrons. The quantitative estimate of drug-likeness (QED) is 0.565. The van der Waals surface area contributed by atoms with E-state index in [0.29, 0.717) is 0 Å². The van der Waals surface area contributed by atoms with E-state index in [1.165, 1.54) is 5.56 Å². The number of hydrogen-bond donors (Lipinski definition) is 2. The molecule has 0 saturated carbocycles. The fourth-order valence-electron chi connectivity index (χ4n) is 1.46. The second-order valence-corrected chi connectivity index (χ2v) is 5.84. The molecule has 88 valence electrons. The average molecular weight is 403 g/mol. The van der Waals surface area contributed by atoms with Gasteiger partial charge in [-0.3, -0.25) is 0 Å². The largest absolute Gasteiger partial charge is 0.399 e. The fraction of sp³-hybridized carbons (Fsp3) is 0.0769. The zero-order chi connectivity index (χ0) is 12.4. The van der Waals surface area contributed by atoms with Crippen LogP contribution in [0.5, 0.6) is 0 Å². The number of nitrogen functional groups attached to an aromatic ring is 1. The Morgan fingerprint density at radius 2 is 1.94 bits per heavy atom. The van der Waals surface area contributed by atoms with E-state index in [4.69, 9.17) is 5.73 Å². The topological polar surface area (TPSA) is 38.0 Å². The first-order valence-corrected chi connectivity index (χ1v) is 7.01. The molecule has 0 heterocycles. The molecule has 3 N–H and O–H groups in total. The Morgan fingerprint density at radius 1 is 1.18 bits per heavy atom. The van der Waals surface area contributed by atoms with Gasteiger partial charge in [0.2, 0.25) is 0 Å². The van der Waals surface area contributed by atoms with Gasteiger partial charge in [0.15, 0.2) is 0 Å². The monoisotopic (exact) mass is 402 g/mol. The van der Waals surface area contributed by atoms with Crippen molar-refractivity contribution in [2.24, 2.45) is 0 Å². The molecule has 0 aliphatic rings. The summed E-state index contributed by atoms with van der Waals surface area (Å²) in [7, 11) is 0. The molecule has 4 heteroatoms. The molecule has 0 amide bonds. The summed E-state index contributed by atoms with van der Waals surface area (Å²) < 4.78 is 2.22. The highest BCUT2D eigenvalue weighted by atomic mass is 127. The molecule has 0 bridgehead atoms. The van der Waals surface area contributed by atoms with Gasteiger partial charge in [0.25, 0.3) is 0 Å². The number of aryl methyl sites for hydroxylation is 1. The van der Waals surface area contributed by atoms with Crippen molar-refractivity contribution < 1.29 is 0 Å². The molecule has 0 fully saturated rings. The standard InChI is InChI=1S/C13H12BrIN2/c1-8-2-4-10(7-11(8)14)17-13-5-3-9(16)6-12(13)15/h2-7,17H,16H2,1H3. The Kier molecular flexibility index (Phi) is 3.93. The van der Waals surface area contributed by atoms with Crippen molar-refractivity contribution in [1.29, 1.82) is 0 Å². The first-order valence-electron chi connectivity index (χ1n) is 5.14. The van der Waals surface area contributed by atoms with Gasteiger partial charge in [0.1, 0.15) is 0 Å². The molecular weight excluding hydrogens is 391 g/mol. The van der Waals surface area contributed by atoms with Crippen molar-refractivity contribution in [2.45, 2.75) is 6.92 Å². The molecule has 0 atom stereocenters. The van der Waals surface area contributed by atoms with Crippen molar-refractivity contribution in [3.63, 3.8) is 0 Å². The van der Waals surface area contributed by atoms with Crippen LogP contribution >= 0.6 is 38.5 Å². The number of benzene rings is 2. The second-order valence-electron chi connectivity index (χ2n) is 3.83. The van der Waals surface area contributed by atoms with Gasteiger partial charge in [-0.2, -0.15) is 0 Å². The van der Waals surface area contributed by atoms with Crippen molar-refractivity contribution in [3.05, 3.63) is 50.0 Å². The molecule has 17 heavy (non-hydrogen) atoms. The van der Waals surface area contributed by atoms with Gasteiger partial charge in [-0.15, -0.1) is 0 Å². The molecule has 0 spiro atoms. The van der Waals surface area contributed by atoms with E-state index in [2.05, 4.69) is 69.0 Å². The Balaban J connectivity index is 2.28. The molecule has 0 saturated heterocycles. The maximum Gasteiger partial charge on any atom is 0.0521 e. The van der Waals surface area contributed by atoms with E-state index in [-0.39, 0.29) is 0 Å². The SMILES string of the molecule is Cc1ccc(Nc2ccc(N)cc2I)cc1Br. The van der Waals surface area contributed by atoms with E-state index in [9.17, 15) is 0 Å². The van der Waals surface area contributed by atoms with Crippen molar-refractivity contribution in [2.75, 3.05) is 11.1 Å². The Hall–Kier alpha value is -0.750. The lowest BCUT2D eigenvalue weighted by Gasteiger charge is -2.10. The maximum absolute atomic E-state index is 5.72. The number of nitrogens with two attached hydrogens (primary N) is 1. The van der Waals surface area contributed by atoms with Crippen LogP contribution in [0.3, 0.4) is 0 Å². The van der Waals surface area contributed by atoms with Gasteiger partial charge in [-0.05, 0) is 65.4 Å². The predicted octanol–water partition coefficient (Wildman–Crippen LogP) is 4.69. The van der Waals surface area contributed by atoms with E-state index >= 15 is 0 Å². The first kappa shape index (κ1) is 12.7. The normalized spacial score (nSPS) is 10.3. The number of anilines is 3. The fourth-order valence-corrected chi connectivity index (χ4v) is 2.51. The summed E-state index contributed by atoms with van der Waals surface area (Å²) >= 11 is 5.80. The zero-order valence-electron chi connectivity index (χ0n) is 9.30. The molecule has 0 unspecified atom stereocenters. The summed E-state index contributed by atoms with van der Waals surface area (Å²) in [6, 6.07) is 12.1. The third-order valence-electron chi connectivity index (χ3n) is 2.44. The molecule has 2 rings (SSSR count). The number of rotatable bonds is 2. The predicted molar refractivity (Wildman–Crippen MR) is 85.7 cm³/mol. The highest BCUT2D eigenvalue weighted by Crippen LogP contribution is 2.27. The highest BCUT2D eigenvalue weighted by Gasteiger charge is 2.02. The molecule has 2 aromatic carbocycles. The Morgan fingerprint density at radius 3 is 2.59 bits per heavy atom. The van der Waals surface area contributed by atoms with Crippen molar-refractivity contribution in [1.82, 2.24) is 0 Å². The average Bonchev–Trinajstić information content (AvgIpc) is 2.27. The number of nitrogens with one attached hydrogen (secondary N) is 1. The smallest absolute Gasteiger partial charge is 0.0521 e. The Bertz CT molecular complexity index is 555. The van der Waals surface area contributed by atoms with E-state index in [1.54, 1.807) is 0 Å². The van der Waals surface area contributed by atoms with Gasteiger partial charge in [0.05, 0.1) is 5.69 Å². The molecule has 0 aliphatic heterocycles. The lowest BCUT2D eigenvalue weighted by Crippen LogP contribution is -1.95. The first-order chi connectivity index (χ1) is 8.06. The molecule has 0 aromatic heterocycles. The van der Waals surface area contributed by atoms with E-state index in [1.807, 2.05) is 18.2 Å². The highest BCUT2D eigenvalue weighted by molar-refractivity contribution is 14.1. The lowest BCUT2D eigenvalue weighted by molar-refractivity contribution is 1.41. The Labute approximate surface area is 123 Å². The summed E-state index contributed by atoms with van der Waals surface area (Å²) in [4.78, 5) is 0. The number of halogens is 2. The maximum atomic E-state index is 5.72. The summed E-state index contributed by atoms with van der Waals surface area (Å²) in [6.07, 6.45) is 0. The summed E-state index contributed by atoms with van der Waals surface area (Å²) in [5.41, 5.74) is 9.86. The molecule has 0 aliphatic carbocycles. The van der Waals surface area contributed by atoms with Crippen LogP contribution in [-0.2, 0) is 0 Å². The van der Waals surface area contributed by atoms with Crippen LogP contribution in [0.4, 0.5) is 17.1 Å². The lowest BCUT2D eigenvalue weighted by atomic mass is 10.2. The van der Waals surface area contributed by atoms with Crippen LogP contribution in [0, 0.1) is 10.5 Å². The van der Waals surface area contributed by atoms with Gasteiger partial charge in [0, 0.05) is 19.4 Å². The van der Waals surface area contributed by atoms with Crippen LogP contribution < -0.4 is 11.1 Å². The van der Waals surface area contributed by atoms with Crippen molar-refractivity contribution >= 4 is 55.6 Å². The zero-order valence-corrected chi connectivity index (χ0v) is 13.0. The van der Waals surface area contributed by atoms with Gasteiger partial charge in [-0.1, -0.05) is 22.0 Å². The van der Waals surface area contributed by atoms with E-state index < -0.39 is 0 Å². The molecule has 2 nitrogen and oxygen atoms in total. The van der Waals surface area contributed by atoms with Crippen LogP contribution in [0.25, 0.3) is 0 Å². The van der Waals surface area contributed by atoms with Gasteiger partial charge in [-0.25, -0.2) is 0 Å². The second kappa shape index (κ2) is 5.27. The van der Waals surface area contributed by atoms with Gasteiger partial charge >= 0.3 is 0 Å². The summed E-state index contributed by atoms with van der Waals surface area (Å²) in [5.74, 6) is 0. The van der Waals surface area contributed by atoms with Crippen LogP contribution in [0.1, 0.15) is 5.56 Å². The van der Waals surface area contributed by atoms with Crippen LogP contribution in [0.15, 0.2) is 40.9 Å². The number of hydrogen-bond acceptors (Lipinski definition) is 2.